The number of pyridine rings is 1. The van der Waals surface area contributed by atoms with Gasteiger partial charge in [-0.15, -0.1) is 0 Å². The number of ether oxygens (including phenoxy) is 2. The number of rotatable bonds is 4. The molecule has 7 heteroatoms. The third kappa shape index (κ3) is 3.38. The molecule has 27 heavy (non-hydrogen) atoms. The number of nitrogens with one attached hydrogen (secondary N) is 2. The summed E-state index contributed by atoms with van der Waals surface area (Å²) < 4.78 is 10.9. The SMILES string of the molecule is COc1cc2c(cc1OC)C(c1ccnc(N3CCN(C)CC3)c1)=CNN2. The van der Waals surface area contributed by atoms with Gasteiger partial charge >= 0.3 is 0 Å². The molecule has 1 aromatic carbocycles. The van der Waals surface area contributed by atoms with Crippen LogP contribution in [0.15, 0.2) is 36.7 Å². The van der Waals surface area contributed by atoms with Gasteiger partial charge in [-0.2, -0.15) is 0 Å². The quantitative estimate of drug-likeness (QED) is 0.859. The van der Waals surface area contributed by atoms with E-state index in [1.165, 1.54) is 0 Å². The van der Waals surface area contributed by atoms with Crippen LogP contribution in [-0.2, 0) is 0 Å². The Bertz CT molecular complexity index is 859. The van der Waals surface area contributed by atoms with Crippen LogP contribution in [0.2, 0.25) is 0 Å². The number of likely N-dealkylation sites (N-methyl/N-ethyl adjacent to an activating group) is 1. The molecule has 2 N–H and O–H groups in total. The fraction of sp³-hybridized carbons (Fsp3) is 0.350. The molecule has 0 bridgehead atoms. The van der Waals surface area contributed by atoms with Gasteiger partial charge < -0.3 is 30.1 Å². The number of piperazine rings is 1. The van der Waals surface area contributed by atoms with Crippen molar-refractivity contribution >= 4 is 17.1 Å². The van der Waals surface area contributed by atoms with Crippen molar-refractivity contribution in [2.24, 2.45) is 0 Å². The van der Waals surface area contributed by atoms with Gasteiger partial charge in [0.05, 0.1) is 19.9 Å². The summed E-state index contributed by atoms with van der Waals surface area (Å²) in [7, 11) is 5.45. The zero-order valence-corrected chi connectivity index (χ0v) is 16.0. The molecular formula is C20H25N5O2. The van der Waals surface area contributed by atoms with Gasteiger partial charge in [0.25, 0.3) is 0 Å². The van der Waals surface area contributed by atoms with Gasteiger partial charge in [0, 0.05) is 55.8 Å². The van der Waals surface area contributed by atoms with E-state index in [9.17, 15) is 0 Å². The second kappa shape index (κ2) is 7.36. The van der Waals surface area contributed by atoms with Gasteiger partial charge in [-0.05, 0) is 30.8 Å². The zero-order chi connectivity index (χ0) is 18.8. The van der Waals surface area contributed by atoms with Crippen LogP contribution in [0.25, 0.3) is 5.57 Å². The second-order valence-electron chi connectivity index (χ2n) is 6.77. The number of aromatic nitrogens is 1. The number of methoxy groups -OCH3 is 2. The number of hydrogen-bond acceptors (Lipinski definition) is 7. The normalized spacial score (nSPS) is 16.7. The second-order valence-corrected chi connectivity index (χ2v) is 6.77. The van der Waals surface area contributed by atoms with Gasteiger partial charge in [0.1, 0.15) is 5.82 Å². The van der Waals surface area contributed by atoms with Gasteiger partial charge in [-0.1, -0.05) is 0 Å². The van der Waals surface area contributed by atoms with Gasteiger partial charge in [0.2, 0.25) is 0 Å². The summed E-state index contributed by atoms with van der Waals surface area (Å²) >= 11 is 0. The van der Waals surface area contributed by atoms with Crippen molar-refractivity contribution in [2.75, 3.05) is 57.8 Å². The summed E-state index contributed by atoms with van der Waals surface area (Å²) in [6, 6.07) is 8.14. The largest absolute Gasteiger partial charge is 0.493 e. The van der Waals surface area contributed by atoms with Crippen LogP contribution in [0.5, 0.6) is 11.5 Å². The van der Waals surface area contributed by atoms with E-state index in [0.717, 1.165) is 54.4 Å². The Morgan fingerprint density at radius 2 is 1.74 bits per heavy atom. The average molecular weight is 367 g/mol. The lowest BCUT2D eigenvalue weighted by atomic mass is 9.96. The third-order valence-electron chi connectivity index (χ3n) is 5.12. The highest BCUT2D eigenvalue weighted by Gasteiger charge is 2.20. The molecule has 2 aromatic rings. The van der Waals surface area contributed by atoms with E-state index in [2.05, 4.69) is 38.7 Å². The van der Waals surface area contributed by atoms with E-state index >= 15 is 0 Å². The van der Waals surface area contributed by atoms with Crippen molar-refractivity contribution in [1.29, 1.82) is 0 Å². The minimum absolute atomic E-state index is 0.694. The summed E-state index contributed by atoms with van der Waals surface area (Å²) in [5.41, 5.74) is 10.5. The first-order valence-corrected chi connectivity index (χ1v) is 9.07. The number of fused-ring (bicyclic) bond motifs is 1. The summed E-state index contributed by atoms with van der Waals surface area (Å²) in [5, 5.41) is 0. The molecule has 0 amide bonds. The van der Waals surface area contributed by atoms with Crippen LogP contribution in [0, 0.1) is 0 Å². The molecule has 1 aromatic heterocycles. The molecule has 0 spiro atoms. The first-order chi connectivity index (χ1) is 13.2. The van der Waals surface area contributed by atoms with Crippen molar-refractivity contribution in [3.63, 3.8) is 0 Å². The molecule has 7 nitrogen and oxygen atoms in total. The molecular weight excluding hydrogens is 342 g/mol. The summed E-state index contributed by atoms with van der Waals surface area (Å²) in [4.78, 5) is 9.28. The van der Waals surface area contributed by atoms with Crippen molar-refractivity contribution in [3.8, 4) is 11.5 Å². The van der Waals surface area contributed by atoms with Crippen LogP contribution in [0.3, 0.4) is 0 Å². The van der Waals surface area contributed by atoms with Crippen LogP contribution >= 0.6 is 0 Å². The van der Waals surface area contributed by atoms with Gasteiger partial charge in [-0.25, -0.2) is 4.98 Å². The standard InChI is InChI=1S/C20H25N5O2/c1-24-6-8-25(9-7-24)20-10-14(4-5-21-20)16-13-22-23-17-12-19(27-3)18(26-2)11-15(16)17/h4-5,10-13,22-23H,6-9H2,1-3H3. The highest BCUT2D eigenvalue weighted by molar-refractivity contribution is 5.89. The maximum Gasteiger partial charge on any atom is 0.162 e. The highest BCUT2D eigenvalue weighted by Crippen LogP contribution is 2.39. The highest BCUT2D eigenvalue weighted by atomic mass is 16.5. The molecule has 142 valence electrons. The predicted octanol–water partition coefficient (Wildman–Crippen LogP) is 2.17. The van der Waals surface area contributed by atoms with Crippen molar-refractivity contribution < 1.29 is 9.47 Å². The fourth-order valence-electron chi connectivity index (χ4n) is 3.50. The van der Waals surface area contributed by atoms with E-state index in [1.807, 2.05) is 30.6 Å². The fourth-order valence-corrected chi connectivity index (χ4v) is 3.50. The van der Waals surface area contributed by atoms with Gasteiger partial charge in [-0.3, -0.25) is 0 Å². The van der Waals surface area contributed by atoms with Crippen molar-refractivity contribution in [3.05, 3.63) is 47.8 Å². The van der Waals surface area contributed by atoms with Crippen LogP contribution in [-0.4, -0.2) is 57.3 Å². The number of anilines is 2. The Labute approximate surface area is 159 Å². The molecule has 0 aliphatic carbocycles. The van der Waals surface area contributed by atoms with E-state index < -0.39 is 0 Å². The molecule has 2 aliphatic heterocycles. The molecule has 3 heterocycles. The molecule has 2 aliphatic rings. The minimum atomic E-state index is 0.694. The lowest BCUT2D eigenvalue weighted by molar-refractivity contribution is 0.312. The van der Waals surface area contributed by atoms with E-state index in [4.69, 9.17) is 9.47 Å². The summed E-state index contributed by atoms with van der Waals surface area (Å²) in [6.45, 7) is 4.10. The Morgan fingerprint density at radius 3 is 2.48 bits per heavy atom. The number of benzene rings is 1. The molecule has 0 unspecified atom stereocenters. The maximum absolute atomic E-state index is 5.49. The van der Waals surface area contributed by atoms with Crippen LogP contribution in [0.1, 0.15) is 11.1 Å². The van der Waals surface area contributed by atoms with Gasteiger partial charge in [0.15, 0.2) is 11.5 Å². The first kappa shape index (κ1) is 17.5. The summed E-state index contributed by atoms with van der Waals surface area (Å²) in [6.07, 6.45) is 3.85. The topological polar surface area (TPSA) is 61.9 Å². The smallest absolute Gasteiger partial charge is 0.162 e. The molecule has 0 radical (unpaired) electrons. The minimum Gasteiger partial charge on any atom is -0.493 e. The first-order valence-electron chi connectivity index (χ1n) is 9.07. The molecule has 1 fully saturated rings. The Hall–Kier alpha value is -2.93. The Kier molecular flexibility index (Phi) is 4.77. The van der Waals surface area contributed by atoms with E-state index in [0.29, 0.717) is 11.5 Å². The molecule has 0 saturated carbocycles. The maximum atomic E-state index is 5.49. The average Bonchev–Trinajstić information content (AvgIpc) is 2.72. The van der Waals surface area contributed by atoms with Crippen molar-refractivity contribution in [1.82, 2.24) is 15.3 Å². The van der Waals surface area contributed by atoms with Crippen molar-refractivity contribution in [2.45, 2.75) is 0 Å². The van der Waals surface area contributed by atoms with E-state index in [1.54, 1.807) is 14.2 Å². The summed E-state index contributed by atoms with van der Waals surface area (Å²) in [5.74, 6) is 2.42. The number of nitrogens with zero attached hydrogens (tertiary/aromatic N) is 3. The number of hydrazine groups is 1. The molecule has 1 saturated heterocycles. The third-order valence-corrected chi connectivity index (χ3v) is 5.12. The predicted molar refractivity (Wildman–Crippen MR) is 107 cm³/mol. The zero-order valence-electron chi connectivity index (χ0n) is 16.0. The monoisotopic (exact) mass is 367 g/mol. The Balaban J connectivity index is 1.69. The van der Waals surface area contributed by atoms with E-state index in [-0.39, 0.29) is 0 Å². The Morgan fingerprint density at radius 1 is 1.00 bits per heavy atom. The van der Waals surface area contributed by atoms with Crippen LogP contribution < -0.4 is 25.2 Å². The molecule has 4 rings (SSSR count). The molecule has 0 atom stereocenters. The number of hydrogen-bond donors (Lipinski definition) is 2. The lowest BCUT2D eigenvalue weighted by Gasteiger charge is -2.33. The van der Waals surface area contributed by atoms with Crippen LogP contribution in [0.4, 0.5) is 11.5 Å². The lowest BCUT2D eigenvalue weighted by Crippen LogP contribution is -2.44.